The largest absolute Gasteiger partial charge is 0.465 e. The third-order valence-electron chi connectivity index (χ3n) is 4.63. The summed E-state index contributed by atoms with van der Waals surface area (Å²) in [5.74, 6) is -1.13. The van der Waals surface area contributed by atoms with Gasteiger partial charge in [-0.3, -0.25) is 9.59 Å². The molecule has 0 radical (unpaired) electrons. The Balaban J connectivity index is 1.62. The van der Waals surface area contributed by atoms with Gasteiger partial charge in [-0.05, 0) is 30.7 Å². The Hall–Kier alpha value is -3.15. The molecular formula is C21H22N2O4. The van der Waals surface area contributed by atoms with Gasteiger partial charge in [-0.25, -0.2) is 4.79 Å². The van der Waals surface area contributed by atoms with E-state index in [0.29, 0.717) is 24.3 Å². The standard InChI is InChI=1S/C21H22N2O4/c1-14-6-8-15(9-7-14)12-23-13-17(11-19(23)24)20(25)22-18-5-3-4-16(10-18)21(26)27-2/h3-10,17H,11-13H2,1-2H3,(H,22,25). The van der Waals surface area contributed by atoms with Crippen LogP contribution in [0.3, 0.4) is 0 Å². The second-order valence-electron chi connectivity index (χ2n) is 6.72. The Labute approximate surface area is 158 Å². The predicted octanol–water partition coefficient (Wildman–Crippen LogP) is 2.77. The van der Waals surface area contributed by atoms with Crippen molar-refractivity contribution in [3.05, 3.63) is 65.2 Å². The second kappa shape index (κ2) is 8.03. The molecule has 27 heavy (non-hydrogen) atoms. The maximum Gasteiger partial charge on any atom is 0.337 e. The monoisotopic (exact) mass is 366 g/mol. The van der Waals surface area contributed by atoms with Crippen molar-refractivity contribution in [2.45, 2.75) is 19.9 Å². The van der Waals surface area contributed by atoms with Crippen molar-refractivity contribution < 1.29 is 19.1 Å². The topological polar surface area (TPSA) is 75.7 Å². The number of carbonyl (C=O) groups excluding carboxylic acids is 3. The summed E-state index contributed by atoms with van der Waals surface area (Å²) >= 11 is 0. The number of amides is 2. The van der Waals surface area contributed by atoms with Gasteiger partial charge in [-0.2, -0.15) is 0 Å². The molecule has 0 spiro atoms. The summed E-state index contributed by atoms with van der Waals surface area (Å²) in [6.45, 7) is 2.90. The van der Waals surface area contributed by atoms with Crippen molar-refractivity contribution in [3.63, 3.8) is 0 Å². The van der Waals surface area contributed by atoms with Gasteiger partial charge in [0, 0.05) is 25.2 Å². The van der Waals surface area contributed by atoms with Gasteiger partial charge in [0.25, 0.3) is 0 Å². The van der Waals surface area contributed by atoms with E-state index in [2.05, 4.69) is 10.1 Å². The number of methoxy groups -OCH3 is 1. The summed E-state index contributed by atoms with van der Waals surface area (Å²) in [6.07, 6.45) is 0.189. The molecule has 3 rings (SSSR count). The number of ether oxygens (including phenoxy) is 1. The quantitative estimate of drug-likeness (QED) is 0.826. The van der Waals surface area contributed by atoms with Crippen molar-refractivity contribution in [2.75, 3.05) is 19.0 Å². The number of hydrogen-bond acceptors (Lipinski definition) is 4. The molecule has 1 heterocycles. The fourth-order valence-corrected chi connectivity index (χ4v) is 3.10. The third-order valence-corrected chi connectivity index (χ3v) is 4.63. The van der Waals surface area contributed by atoms with Gasteiger partial charge in [0.1, 0.15) is 0 Å². The van der Waals surface area contributed by atoms with Crippen LogP contribution in [0.5, 0.6) is 0 Å². The van der Waals surface area contributed by atoms with Crippen molar-refractivity contribution in [3.8, 4) is 0 Å². The summed E-state index contributed by atoms with van der Waals surface area (Å²) in [6, 6.07) is 14.6. The van der Waals surface area contributed by atoms with Gasteiger partial charge < -0.3 is 15.0 Å². The molecule has 6 heteroatoms. The van der Waals surface area contributed by atoms with Gasteiger partial charge in [-0.1, -0.05) is 35.9 Å². The van der Waals surface area contributed by atoms with Crippen molar-refractivity contribution in [1.29, 1.82) is 0 Å². The molecule has 0 saturated carbocycles. The minimum atomic E-state index is -0.466. The van der Waals surface area contributed by atoms with E-state index in [4.69, 9.17) is 0 Å². The van der Waals surface area contributed by atoms with E-state index in [-0.39, 0.29) is 18.2 Å². The second-order valence-corrected chi connectivity index (χ2v) is 6.72. The molecule has 2 aromatic carbocycles. The number of nitrogens with zero attached hydrogens (tertiary/aromatic N) is 1. The molecule has 1 fully saturated rings. The number of likely N-dealkylation sites (tertiary alicyclic amines) is 1. The first-order chi connectivity index (χ1) is 13.0. The van der Waals surface area contributed by atoms with Crippen LogP contribution in [0.15, 0.2) is 48.5 Å². The molecule has 0 aromatic heterocycles. The van der Waals surface area contributed by atoms with Crippen molar-refractivity contribution >= 4 is 23.5 Å². The summed E-state index contributed by atoms with van der Waals surface area (Å²) in [5.41, 5.74) is 3.07. The summed E-state index contributed by atoms with van der Waals surface area (Å²) in [7, 11) is 1.31. The third kappa shape index (κ3) is 4.53. The Bertz CT molecular complexity index is 861. The van der Waals surface area contributed by atoms with E-state index in [1.165, 1.54) is 7.11 Å². The number of hydrogen-bond donors (Lipinski definition) is 1. The molecular weight excluding hydrogens is 344 g/mol. The van der Waals surface area contributed by atoms with Crippen LogP contribution in [0, 0.1) is 12.8 Å². The predicted molar refractivity (Wildman–Crippen MR) is 101 cm³/mol. The highest BCUT2D eigenvalue weighted by Gasteiger charge is 2.34. The molecule has 1 N–H and O–H groups in total. The number of anilines is 1. The lowest BCUT2D eigenvalue weighted by atomic mass is 10.1. The fraction of sp³-hybridized carbons (Fsp3) is 0.286. The number of esters is 1. The number of carbonyl (C=O) groups is 3. The van der Waals surface area contributed by atoms with E-state index >= 15 is 0 Å². The maximum atomic E-state index is 12.5. The van der Waals surface area contributed by atoms with Crippen molar-refractivity contribution in [2.24, 2.45) is 5.92 Å². The van der Waals surface area contributed by atoms with Crippen LogP contribution in [0.2, 0.25) is 0 Å². The molecule has 2 amide bonds. The van der Waals surface area contributed by atoms with Crippen LogP contribution in [-0.4, -0.2) is 36.3 Å². The molecule has 0 bridgehead atoms. The molecule has 2 aromatic rings. The summed E-state index contributed by atoms with van der Waals surface area (Å²) in [5, 5.41) is 2.79. The van der Waals surface area contributed by atoms with E-state index in [0.717, 1.165) is 11.1 Å². The zero-order valence-corrected chi connectivity index (χ0v) is 15.4. The van der Waals surface area contributed by atoms with Crippen LogP contribution >= 0.6 is 0 Å². The lowest BCUT2D eigenvalue weighted by Crippen LogP contribution is -2.28. The van der Waals surface area contributed by atoms with Gasteiger partial charge in [0.2, 0.25) is 11.8 Å². The number of benzene rings is 2. The first-order valence-electron chi connectivity index (χ1n) is 8.79. The van der Waals surface area contributed by atoms with Gasteiger partial charge in [0.15, 0.2) is 0 Å². The van der Waals surface area contributed by atoms with Crippen LogP contribution in [0.25, 0.3) is 0 Å². The number of nitrogens with one attached hydrogen (secondary N) is 1. The summed E-state index contributed by atoms with van der Waals surface area (Å²) in [4.78, 5) is 38.1. The molecule has 140 valence electrons. The Morgan fingerprint density at radius 3 is 2.63 bits per heavy atom. The number of aryl methyl sites for hydroxylation is 1. The average Bonchev–Trinajstić information content (AvgIpc) is 3.04. The van der Waals surface area contributed by atoms with Crippen LogP contribution < -0.4 is 5.32 Å². The first-order valence-corrected chi connectivity index (χ1v) is 8.79. The molecule has 1 unspecified atom stereocenters. The Kier molecular flexibility index (Phi) is 5.54. The minimum absolute atomic E-state index is 0.0287. The van der Waals surface area contributed by atoms with E-state index in [9.17, 15) is 14.4 Å². The smallest absolute Gasteiger partial charge is 0.337 e. The van der Waals surface area contributed by atoms with Crippen LogP contribution in [0.1, 0.15) is 27.9 Å². The first kappa shape index (κ1) is 18.6. The zero-order chi connectivity index (χ0) is 19.4. The Morgan fingerprint density at radius 2 is 1.93 bits per heavy atom. The molecule has 1 atom stereocenters. The average molecular weight is 366 g/mol. The molecule has 0 aliphatic carbocycles. The highest BCUT2D eigenvalue weighted by molar-refractivity contribution is 5.98. The zero-order valence-electron chi connectivity index (χ0n) is 15.4. The highest BCUT2D eigenvalue weighted by atomic mass is 16.5. The van der Waals surface area contributed by atoms with Gasteiger partial charge in [-0.15, -0.1) is 0 Å². The Morgan fingerprint density at radius 1 is 1.19 bits per heavy atom. The summed E-state index contributed by atoms with van der Waals surface area (Å²) < 4.78 is 4.69. The molecule has 6 nitrogen and oxygen atoms in total. The van der Waals surface area contributed by atoms with Crippen LogP contribution in [0.4, 0.5) is 5.69 Å². The van der Waals surface area contributed by atoms with E-state index in [1.54, 1.807) is 29.2 Å². The highest BCUT2D eigenvalue weighted by Crippen LogP contribution is 2.22. The van der Waals surface area contributed by atoms with Gasteiger partial charge >= 0.3 is 5.97 Å². The molecule has 1 aliphatic rings. The SMILES string of the molecule is COC(=O)c1cccc(NC(=O)C2CC(=O)N(Cc3ccc(C)cc3)C2)c1. The minimum Gasteiger partial charge on any atom is -0.465 e. The fourth-order valence-electron chi connectivity index (χ4n) is 3.10. The number of rotatable bonds is 5. The molecule has 1 saturated heterocycles. The van der Waals surface area contributed by atoms with E-state index < -0.39 is 11.9 Å². The van der Waals surface area contributed by atoms with Crippen molar-refractivity contribution in [1.82, 2.24) is 4.90 Å². The van der Waals surface area contributed by atoms with E-state index in [1.807, 2.05) is 31.2 Å². The molecule has 1 aliphatic heterocycles. The van der Waals surface area contributed by atoms with Gasteiger partial charge in [0.05, 0.1) is 18.6 Å². The lowest BCUT2D eigenvalue weighted by Gasteiger charge is -2.17. The maximum absolute atomic E-state index is 12.5. The normalized spacial score (nSPS) is 16.3. The van der Waals surface area contributed by atoms with Crippen LogP contribution in [-0.2, 0) is 20.9 Å². The lowest BCUT2D eigenvalue weighted by molar-refractivity contribution is -0.128.